The molecule has 3 aromatic rings. The van der Waals surface area contributed by atoms with Crippen molar-refractivity contribution in [3.05, 3.63) is 48.5 Å². The number of nitrogens with one attached hydrogen (secondary N) is 1. The van der Waals surface area contributed by atoms with Gasteiger partial charge in [0.2, 0.25) is 11.9 Å². The van der Waals surface area contributed by atoms with Crippen molar-refractivity contribution in [2.45, 2.75) is 48.3 Å². The summed E-state index contributed by atoms with van der Waals surface area (Å²) >= 11 is 0. The van der Waals surface area contributed by atoms with Crippen LogP contribution in [0.25, 0.3) is 10.9 Å². The molecule has 1 saturated carbocycles. The zero-order valence-electron chi connectivity index (χ0n) is 18.0. The maximum absolute atomic E-state index is 13.5. The van der Waals surface area contributed by atoms with E-state index in [9.17, 15) is 17.6 Å². The minimum absolute atomic E-state index is 0.116. The molecule has 5 rings (SSSR count). The lowest BCUT2D eigenvalue weighted by molar-refractivity contribution is -0.120. The molecule has 2 aliphatic rings. The summed E-state index contributed by atoms with van der Waals surface area (Å²) in [6.07, 6.45) is 5.01. The average molecular weight is 473 g/mol. The number of fused-ring (bicyclic) bond motifs is 1. The molecule has 8 nitrogen and oxygen atoms in total. The van der Waals surface area contributed by atoms with Crippen molar-refractivity contribution in [1.82, 2.24) is 14.8 Å². The van der Waals surface area contributed by atoms with Gasteiger partial charge >= 0.3 is 0 Å². The molecule has 10 heteroatoms. The highest BCUT2D eigenvalue weighted by Gasteiger charge is 2.38. The second-order valence-electron chi connectivity index (χ2n) is 8.66. The molecule has 1 aromatic carbocycles. The van der Waals surface area contributed by atoms with Gasteiger partial charge in [0, 0.05) is 18.6 Å². The van der Waals surface area contributed by atoms with Gasteiger partial charge in [0.15, 0.2) is 9.84 Å². The number of halogens is 1. The maximum atomic E-state index is 13.5. The van der Waals surface area contributed by atoms with Crippen molar-refractivity contribution in [3.8, 4) is 0 Å². The first-order valence-electron chi connectivity index (χ1n) is 11.1. The lowest BCUT2D eigenvalue weighted by atomic mass is 9.92. The van der Waals surface area contributed by atoms with Crippen LogP contribution in [0, 0.1) is 11.9 Å². The predicted octanol–water partition coefficient (Wildman–Crippen LogP) is 3.50. The highest BCUT2D eigenvalue weighted by molar-refractivity contribution is 7.92. The van der Waals surface area contributed by atoms with Gasteiger partial charge in [-0.15, -0.1) is 0 Å². The number of nitrogens with zero attached hydrogens (tertiary/aromatic N) is 3. The third kappa shape index (κ3) is 4.49. The van der Waals surface area contributed by atoms with Gasteiger partial charge in [0.25, 0.3) is 0 Å². The molecule has 0 spiro atoms. The molecule has 33 heavy (non-hydrogen) atoms. The number of ether oxygens (including phenoxy) is 1. The Kier molecular flexibility index (Phi) is 5.88. The second kappa shape index (κ2) is 8.83. The topological polar surface area (TPSA) is 103 Å². The van der Waals surface area contributed by atoms with Gasteiger partial charge in [-0.1, -0.05) is 12.1 Å². The Morgan fingerprint density at radius 2 is 1.91 bits per heavy atom. The molecular formula is C23H25FN4O4S. The van der Waals surface area contributed by atoms with E-state index in [4.69, 9.17) is 4.74 Å². The number of sulfone groups is 1. The molecule has 1 aliphatic carbocycles. The van der Waals surface area contributed by atoms with Crippen LogP contribution in [-0.2, 0) is 19.4 Å². The summed E-state index contributed by atoms with van der Waals surface area (Å²) in [5.41, 5.74) is 0.580. The van der Waals surface area contributed by atoms with Crippen LogP contribution in [0.4, 0.5) is 10.2 Å². The molecule has 2 aromatic heterocycles. The monoisotopic (exact) mass is 472 g/mol. The number of hydrogen-bond donors (Lipinski definition) is 1. The molecule has 1 unspecified atom stereocenters. The third-order valence-corrected chi connectivity index (χ3v) is 8.65. The number of aromatic nitrogens is 3. The van der Waals surface area contributed by atoms with E-state index in [0.717, 1.165) is 12.8 Å². The number of hydrogen-bond acceptors (Lipinski definition) is 6. The average Bonchev–Trinajstić information content (AvgIpc) is 3.59. The van der Waals surface area contributed by atoms with Gasteiger partial charge < -0.3 is 10.1 Å². The van der Waals surface area contributed by atoms with E-state index in [-0.39, 0.29) is 27.8 Å². The quantitative estimate of drug-likeness (QED) is 0.528. The summed E-state index contributed by atoms with van der Waals surface area (Å²) in [6, 6.07) is 8.56. The SMILES string of the molecule is O=C(Nc1cccc(F)n1)C(CC1CCOCC1)n1ncc2c(S(=O)(=O)C3CC3)cccc21. The van der Waals surface area contributed by atoms with Crippen LogP contribution in [0.3, 0.4) is 0 Å². The molecule has 1 amide bonds. The zero-order chi connectivity index (χ0) is 23.0. The highest BCUT2D eigenvalue weighted by Crippen LogP contribution is 2.37. The molecule has 1 saturated heterocycles. The maximum Gasteiger partial charge on any atom is 0.250 e. The lowest BCUT2D eigenvalue weighted by Crippen LogP contribution is -2.30. The number of carbonyl (C=O) groups is 1. The molecule has 0 radical (unpaired) electrons. The predicted molar refractivity (Wildman–Crippen MR) is 120 cm³/mol. The zero-order valence-corrected chi connectivity index (χ0v) is 18.8. The summed E-state index contributed by atoms with van der Waals surface area (Å²) in [6.45, 7) is 1.27. The molecule has 2 fully saturated rings. The Labute approximate surface area is 191 Å². The van der Waals surface area contributed by atoms with Crippen molar-refractivity contribution >= 4 is 32.5 Å². The smallest absolute Gasteiger partial charge is 0.250 e. The van der Waals surface area contributed by atoms with E-state index in [1.165, 1.54) is 24.4 Å². The Morgan fingerprint density at radius 1 is 1.15 bits per heavy atom. The van der Waals surface area contributed by atoms with Crippen LogP contribution in [0.2, 0.25) is 0 Å². The number of rotatable bonds is 7. The largest absolute Gasteiger partial charge is 0.381 e. The fraction of sp³-hybridized carbons (Fsp3) is 0.435. The molecular weight excluding hydrogens is 447 g/mol. The Morgan fingerprint density at radius 3 is 2.64 bits per heavy atom. The Hall–Kier alpha value is -2.85. The number of carbonyl (C=O) groups excluding carboxylic acids is 1. The van der Waals surface area contributed by atoms with Crippen molar-refractivity contribution in [1.29, 1.82) is 0 Å². The lowest BCUT2D eigenvalue weighted by Gasteiger charge is -2.26. The number of anilines is 1. The van der Waals surface area contributed by atoms with E-state index in [1.54, 1.807) is 22.9 Å². The second-order valence-corrected chi connectivity index (χ2v) is 10.9. The fourth-order valence-corrected chi connectivity index (χ4v) is 6.25. The fourth-order valence-electron chi connectivity index (χ4n) is 4.40. The van der Waals surface area contributed by atoms with Gasteiger partial charge in [0.05, 0.1) is 21.9 Å². The van der Waals surface area contributed by atoms with Gasteiger partial charge in [-0.25, -0.2) is 13.4 Å². The summed E-state index contributed by atoms with van der Waals surface area (Å²) in [5, 5.41) is 7.33. The summed E-state index contributed by atoms with van der Waals surface area (Å²) < 4.78 is 46.5. The molecule has 3 heterocycles. The third-order valence-electron chi connectivity index (χ3n) is 6.33. The van der Waals surface area contributed by atoms with Crippen molar-refractivity contribution in [2.75, 3.05) is 18.5 Å². The van der Waals surface area contributed by atoms with E-state index in [0.29, 0.717) is 43.4 Å². The minimum atomic E-state index is -3.43. The number of amides is 1. The first-order chi connectivity index (χ1) is 15.9. The molecule has 1 aliphatic heterocycles. The van der Waals surface area contributed by atoms with Crippen LogP contribution in [0.15, 0.2) is 47.5 Å². The Balaban J connectivity index is 1.52. The van der Waals surface area contributed by atoms with E-state index < -0.39 is 21.8 Å². The van der Waals surface area contributed by atoms with Crippen molar-refractivity contribution in [3.63, 3.8) is 0 Å². The summed E-state index contributed by atoms with van der Waals surface area (Å²) in [5.74, 6) is -0.702. The molecule has 174 valence electrons. The van der Waals surface area contributed by atoms with Gasteiger partial charge in [-0.05, 0) is 62.3 Å². The van der Waals surface area contributed by atoms with Gasteiger partial charge in [-0.3, -0.25) is 9.48 Å². The van der Waals surface area contributed by atoms with E-state index in [1.807, 2.05) is 0 Å². The van der Waals surface area contributed by atoms with Crippen LogP contribution < -0.4 is 5.32 Å². The number of pyridine rings is 1. The summed E-state index contributed by atoms with van der Waals surface area (Å²) in [7, 11) is -3.43. The van der Waals surface area contributed by atoms with Crippen LogP contribution in [0.5, 0.6) is 0 Å². The van der Waals surface area contributed by atoms with Crippen LogP contribution in [-0.4, -0.2) is 47.6 Å². The number of benzene rings is 1. The highest BCUT2D eigenvalue weighted by atomic mass is 32.2. The molecule has 1 N–H and O–H groups in total. The van der Waals surface area contributed by atoms with E-state index in [2.05, 4.69) is 15.4 Å². The summed E-state index contributed by atoms with van der Waals surface area (Å²) in [4.78, 5) is 17.3. The first kappa shape index (κ1) is 22.0. The van der Waals surface area contributed by atoms with Crippen LogP contribution >= 0.6 is 0 Å². The van der Waals surface area contributed by atoms with Crippen molar-refractivity contribution in [2.24, 2.45) is 5.92 Å². The first-order valence-corrected chi connectivity index (χ1v) is 12.7. The molecule has 1 atom stereocenters. The standard InChI is InChI=1S/C23H25FN4O4S/c24-21-5-2-6-22(26-21)27-23(29)19(13-15-9-11-32-12-10-15)28-18-3-1-4-20(17(18)14-25-28)33(30,31)16-7-8-16/h1-6,14-16,19H,7-13H2,(H,26,27,29). The van der Waals surface area contributed by atoms with Gasteiger partial charge in [0.1, 0.15) is 11.9 Å². The van der Waals surface area contributed by atoms with Crippen LogP contribution in [0.1, 0.15) is 38.1 Å². The minimum Gasteiger partial charge on any atom is -0.381 e. The normalized spacial score (nSPS) is 18.3. The molecule has 0 bridgehead atoms. The van der Waals surface area contributed by atoms with E-state index >= 15 is 0 Å². The Bertz CT molecular complexity index is 1280. The van der Waals surface area contributed by atoms with Crippen molar-refractivity contribution < 1.29 is 22.3 Å². The van der Waals surface area contributed by atoms with Gasteiger partial charge in [-0.2, -0.15) is 9.49 Å².